The number of unbranched alkanes of at least 4 members (excludes halogenated alkanes) is 2. The largest absolute Gasteiger partial charge is 0.279 e. The third kappa shape index (κ3) is 4.48. The van der Waals surface area contributed by atoms with Crippen molar-refractivity contribution in [1.29, 1.82) is 0 Å². The first-order chi connectivity index (χ1) is 10.1. The highest BCUT2D eigenvalue weighted by molar-refractivity contribution is 5.25. The van der Waals surface area contributed by atoms with E-state index in [1.807, 2.05) is 0 Å². The Kier molecular flexibility index (Phi) is 7.83. The second-order valence-corrected chi connectivity index (χ2v) is 5.89. The second kappa shape index (κ2) is 9.11. The molecule has 0 aromatic rings. The molecule has 0 saturated carbocycles. The number of likely N-dealkylation sites (N-methyl/N-ethyl adjacent to an activating group) is 1. The zero-order valence-electron chi connectivity index (χ0n) is 14.5. The molecule has 0 aromatic carbocycles. The van der Waals surface area contributed by atoms with Crippen LogP contribution in [-0.4, -0.2) is 61.3 Å². The average Bonchev–Trinajstić information content (AvgIpc) is 2.79. The van der Waals surface area contributed by atoms with E-state index >= 15 is 0 Å². The fourth-order valence-electron chi connectivity index (χ4n) is 3.29. The zero-order valence-corrected chi connectivity index (χ0v) is 14.5. The molecule has 0 radical (unpaired) electrons. The highest BCUT2D eigenvalue weighted by atomic mass is 15.6. The molecule has 3 nitrogen and oxygen atoms in total. The molecule has 0 amide bonds. The Morgan fingerprint density at radius 1 is 1.05 bits per heavy atom. The van der Waals surface area contributed by atoms with Crippen molar-refractivity contribution < 1.29 is 0 Å². The molecule has 3 heteroatoms. The van der Waals surface area contributed by atoms with Crippen LogP contribution in [0.4, 0.5) is 0 Å². The minimum absolute atomic E-state index is 0.0777. The van der Waals surface area contributed by atoms with Gasteiger partial charge in [0, 0.05) is 32.5 Å². The maximum absolute atomic E-state index is 3.18. The number of nitrogens with zero attached hydrogens (tertiary/aromatic N) is 3. The summed E-state index contributed by atoms with van der Waals surface area (Å²) >= 11 is 0. The molecule has 0 aromatic heterocycles. The molecule has 1 fully saturated rings. The molecule has 118 valence electrons. The summed E-state index contributed by atoms with van der Waals surface area (Å²) in [6.45, 7) is 7.80. The normalized spacial score (nSPS) is 22.8. The first kappa shape index (κ1) is 18.1. The molecule has 0 bridgehead atoms. The first-order valence-electron chi connectivity index (χ1n) is 8.19. The lowest BCUT2D eigenvalue weighted by atomic mass is 10.1. The van der Waals surface area contributed by atoms with Crippen LogP contribution in [0.2, 0.25) is 0 Å². The van der Waals surface area contributed by atoms with E-state index in [9.17, 15) is 0 Å². The van der Waals surface area contributed by atoms with Crippen LogP contribution in [0.3, 0.4) is 0 Å². The van der Waals surface area contributed by atoms with Gasteiger partial charge in [-0.05, 0) is 52.2 Å². The summed E-state index contributed by atoms with van der Waals surface area (Å²) < 4.78 is 0. The van der Waals surface area contributed by atoms with E-state index in [1.165, 1.54) is 0 Å². The summed E-state index contributed by atoms with van der Waals surface area (Å²) in [5.74, 6) is 12.2. The van der Waals surface area contributed by atoms with Crippen LogP contribution in [0.15, 0.2) is 0 Å². The monoisotopic (exact) mass is 289 g/mol. The van der Waals surface area contributed by atoms with Gasteiger partial charge in [-0.25, -0.2) is 0 Å². The van der Waals surface area contributed by atoms with Gasteiger partial charge in [0.15, 0.2) is 0 Å². The van der Waals surface area contributed by atoms with Gasteiger partial charge < -0.3 is 0 Å². The van der Waals surface area contributed by atoms with Crippen LogP contribution in [-0.2, 0) is 0 Å². The summed E-state index contributed by atoms with van der Waals surface area (Å²) in [4.78, 5) is 7.41. The third-order valence-electron chi connectivity index (χ3n) is 4.36. The quantitative estimate of drug-likeness (QED) is 0.549. The molecule has 1 rings (SSSR count). The summed E-state index contributed by atoms with van der Waals surface area (Å²) in [6, 6.07) is 0. The molecule has 1 aliphatic heterocycles. The van der Waals surface area contributed by atoms with Gasteiger partial charge in [0.25, 0.3) is 0 Å². The van der Waals surface area contributed by atoms with Gasteiger partial charge in [-0.2, -0.15) is 0 Å². The predicted octanol–water partition coefficient (Wildman–Crippen LogP) is 2.45. The minimum atomic E-state index is 0.0777. The van der Waals surface area contributed by atoms with Crippen molar-refractivity contribution in [3.8, 4) is 23.7 Å². The van der Waals surface area contributed by atoms with Crippen LogP contribution < -0.4 is 0 Å². The summed E-state index contributed by atoms with van der Waals surface area (Å²) in [7, 11) is 6.59. The first-order valence-corrected chi connectivity index (χ1v) is 8.19. The van der Waals surface area contributed by atoms with E-state index in [4.69, 9.17) is 0 Å². The highest BCUT2D eigenvalue weighted by Crippen LogP contribution is 2.30. The van der Waals surface area contributed by atoms with Crippen molar-refractivity contribution in [2.75, 3.05) is 40.8 Å². The molecule has 0 spiro atoms. The Bertz CT molecular complexity index is 421. The van der Waals surface area contributed by atoms with E-state index in [-0.39, 0.29) is 5.79 Å². The SMILES string of the molecule is CCCC#CC#CCCCN1CCN(C)C1(CC)N(C)C. The molecule has 1 atom stereocenters. The summed E-state index contributed by atoms with van der Waals surface area (Å²) in [5, 5.41) is 0. The molecule has 0 N–H and O–H groups in total. The van der Waals surface area contributed by atoms with Gasteiger partial charge in [-0.1, -0.05) is 25.7 Å². The number of hydrogen-bond acceptors (Lipinski definition) is 3. The highest BCUT2D eigenvalue weighted by Gasteiger charge is 2.45. The van der Waals surface area contributed by atoms with Crippen LogP contribution in [0.1, 0.15) is 46.0 Å². The third-order valence-corrected chi connectivity index (χ3v) is 4.36. The van der Waals surface area contributed by atoms with Gasteiger partial charge in [0.1, 0.15) is 5.79 Å². The van der Waals surface area contributed by atoms with Crippen LogP contribution >= 0.6 is 0 Å². The molecule has 1 saturated heterocycles. The van der Waals surface area contributed by atoms with Crippen molar-refractivity contribution in [1.82, 2.24) is 14.7 Å². The lowest BCUT2D eigenvalue weighted by Gasteiger charge is -2.47. The van der Waals surface area contributed by atoms with E-state index in [2.05, 4.69) is 73.4 Å². The van der Waals surface area contributed by atoms with Crippen molar-refractivity contribution >= 4 is 0 Å². The van der Waals surface area contributed by atoms with Crippen molar-refractivity contribution in [3.63, 3.8) is 0 Å². The maximum Gasteiger partial charge on any atom is 0.130 e. The standard InChI is InChI=1S/C18H31N3/c1-6-8-9-10-11-12-13-14-15-21-17-16-20(5)18(21,7-2)19(3)4/h6-8,13-17H2,1-5H3. The minimum Gasteiger partial charge on any atom is -0.279 e. The lowest BCUT2D eigenvalue weighted by molar-refractivity contribution is -0.0910. The molecule has 1 unspecified atom stereocenters. The topological polar surface area (TPSA) is 9.72 Å². The Labute approximate surface area is 131 Å². The Morgan fingerprint density at radius 3 is 2.29 bits per heavy atom. The Hall–Kier alpha value is -1.00. The Morgan fingerprint density at radius 2 is 1.71 bits per heavy atom. The second-order valence-electron chi connectivity index (χ2n) is 5.89. The number of rotatable bonds is 6. The van der Waals surface area contributed by atoms with Crippen molar-refractivity contribution in [2.45, 2.75) is 51.7 Å². The smallest absolute Gasteiger partial charge is 0.130 e. The summed E-state index contributed by atoms with van der Waals surface area (Å²) in [6.07, 6.45) is 5.24. The van der Waals surface area contributed by atoms with Crippen LogP contribution in [0.25, 0.3) is 0 Å². The van der Waals surface area contributed by atoms with Gasteiger partial charge >= 0.3 is 0 Å². The molecular weight excluding hydrogens is 258 g/mol. The van der Waals surface area contributed by atoms with E-state index < -0.39 is 0 Å². The van der Waals surface area contributed by atoms with Gasteiger partial charge in [0.05, 0.1) is 0 Å². The average molecular weight is 289 g/mol. The zero-order chi connectivity index (χ0) is 15.7. The van der Waals surface area contributed by atoms with Crippen molar-refractivity contribution in [2.24, 2.45) is 0 Å². The van der Waals surface area contributed by atoms with E-state index in [1.54, 1.807) is 0 Å². The molecular formula is C18H31N3. The Balaban J connectivity index is 2.46. The van der Waals surface area contributed by atoms with E-state index in [0.29, 0.717) is 0 Å². The van der Waals surface area contributed by atoms with Crippen LogP contribution in [0.5, 0.6) is 0 Å². The fourth-order valence-corrected chi connectivity index (χ4v) is 3.29. The number of hydrogen-bond donors (Lipinski definition) is 0. The van der Waals surface area contributed by atoms with Gasteiger partial charge in [-0.15, -0.1) is 0 Å². The molecule has 0 aliphatic carbocycles. The van der Waals surface area contributed by atoms with E-state index in [0.717, 1.165) is 51.7 Å². The fraction of sp³-hybridized carbons (Fsp3) is 0.778. The molecule has 1 heterocycles. The van der Waals surface area contributed by atoms with Crippen LogP contribution in [0, 0.1) is 23.7 Å². The molecule has 1 aliphatic rings. The predicted molar refractivity (Wildman–Crippen MR) is 90.6 cm³/mol. The van der Waals surface area contributed by atoms with Crippen molar-refractivity contribution in [3.05, 3.63) is 0 Å². The maximum atomic E-state index is 3.18. The lowest BCUT2D eigenvalue weighted by Crippen LogP contribution is -2.61. The summed E-state index contributed by atoms with van der Waals surface area (Å²) in [5.41, 5.74) is 0. The van der Waals surface area contributed by atoms with Gasteiger partial charge in [-0.3, -0.25) is 14.7 Å². The van der Waals surface area contributed by atoms with Gasteiger partial charge in [0.2, 0.25) is 0 Å². The molecule has 21 heavy (non-hydrogen) atoms.